The van der Waals surface area contributed by atoms with Crippen LogP contribution >= 0.6 is 0 Å². The second kappa shape index (κ2) is 11.9. The molecule has 0 radical (unpaired) electrons. The predicted octanol–water partition coefficient (Wildman–Crippen LogP) is 9.52. The summed E-state index contributed by atoms with van der Waals surface area (Å²) in [6, 6.07) is 13.3. The van der Waals surface area contributed by atoms with Crippen molar-refractivity contribution >= 4 is 0 Å². The van der Waals surface area contributed by atoms with Crippen molar-refractivity contribution in [2.75, 3.05) is 0 Å². The highest BCUT2D eigenvalue weighted by atomic mass is 19.2. The Morgan fingerprint density at radius 2 is 1.44 bits per heavy atom. The van der Waals surface area contributed by atoms with E-state index in [-0.39, 0.29) is 29.0 Å². The van der Waals surface area contributed by atoms with E-state index in [1.165, 1.54) is 68.4 Å². The highest BCUT2D eigenvalue weighted by Gasteiger charge is 2.25. The van der Waals surface area contributed by atoms with Crippen LogP contribution in [0.25, 0.3) is 11.1 Å². The van der Waals surface area contributed by atoms with Crippen LogP contribution in [0.2, 0.25) is 0 Å². The summed E-state index contributed by atoms with van der Waals surface area (Å²) < 4.78 is 64.0. The summed E-state index contributed by atoms with van der Waals surface area (Å²) in [7, 11) is 0. The van der Waals surface area contributed by atoms with Crippen LogP contribution in [0.4, 0.5) is 17.6 Å². The Morgan fingerprint density at radius 1 is 0.750 bits per heavy atom. The first kappa shape index (κ1) is 26.2. The van der Waals surface area contributed by atoms with Crippen LogP contribution in [0.15, 0.2) is 48.5 Å². The van der Waals surface area contributed by atoms with Gasteiger partial charge in [-0.15, -0.1) is 0 Å². The molecule has 0 spiro atoms. The topological polar surface area (TPSA) is 9.23 Å². The second-order valence-corrected chi connectivity index (χ2v) is 9.94. The fourth-order valence-corrected chi connectivity index (χ4v) is 5.29. The van der Waals surface area contributed by atoms with Gasteiger partial charge in [0.2, 0.25) is 5.82 Å². The van der Waals surface area contributed by atoms with Crippen LogP contribution in [-0.4, -0.2) is 0 Å². The Kier molecular flexibility index (Phi) is 8.71. The minimum Gasteiger partial charge on any atom is -0.486 e. The third kappa shape index (κ3) is 5.77. The fraction of sp³-hybridized carbons (Fsp3) is 0.419. The quantitative estimate of drug-likeness (QED) is 0.253. The summed E-state index contributed by atoms with van der Waals surface area (Å²) >= 11 is 0. The first-order chi connectivity index (χ1) is 17.4. The van der Waals surface area contributed by atoms with E-state index in [9.17, 15) is 17.6 Å². The molecule has 0 heterocycles. The second-order valence-electron chi connectivity index (χ2n) is 9.94. The number of halogens is 4. The molecule has 5 heteroatoms. The fourth-order valence-electron chi connectivity index (χ4n) is 5.29. The van der Waals surface area contributed by atoms with Crippen molar-refractivity contribution < 1.29 is 22.3 Å². The SMILES string of the molecule is CCCCC1CCC(c2ccc(COc3ccc(-c4ccc(CCC)c(F)c4F)c(F)c3F)cc2)C1. The summed E-state index contributed by atoms with van der Waals surface area (Å²) in [5.74, 6) is -3.54. The highest BCUT2D eigenvalue weighted by Crippen LogP contribution is 2.40. The van der Waals surface area contributed by atoms with Crippen molar-refractivity contribution in [3.63, 3.8) is 0 Å². The molecule has 0 aromatic heterocycles. The van der Waals surface area contributed by atoms with Crippen molar-refractivity contribution in [1.82, 2.24) is 0 Å². The van der Waals surface area contributed by atoms with Gasteiger partial charge in [-0.2, -0.15) is 4.39 Å². The molecule has 0 aliphatic heterocycles. The average Bonchev–Trinajstić information content (AvgIpc) is 3.36. The molecule has 0 bridgehead atoms. The van der Waals surface area contributed by atoms with Gasteiger partial charge in [-0.3, -0.25) is 0 Å². The summed E-state index contributed by atoms with van der Waals surface area (Å²) in [6.45, 7) is 4.16. The maximum atomic E-state index is 14.8. The largest absolute Gasteiger partial charge is 0.486 e. The van der Waals surface area contributed by atoms with E-state index in [0.717, 1.165) is 11.5 Å². The van der Waals surface area contributed by atoms with E-state index in [1.807, 2.05) is 19.1 Å². The van der Waals surface area contributed by atoms with E-state index in [0.29, 0.717) is 18.8 Å². The molecule has 36 heavy (non-hydrogen) atoms. The smallest absolute Gasteiger partial charge is 0.201 e. The molecular formula is C31H34F4O. The number of unbranched alkanes of at least 4 members (excludes halogenated alkanes) is 1. The first-order valence-corrected chi connectivity index (χ1v) is 13.1. The van der Waals surface area contributed by atoms with E-state index < -0.39 is 23.3 Å². The zero-order valence-corrected chi connectivity index (χ0v) is 21.1. The van der Waals surface area contributed by atoms with Crippen LogP contribution in [-0.2, 0) is 13.0 Å². The molecule has 0 amide bonds. The molecule has 3 aromatic carbocycles. The normalized spacial score (nSPS) is 17.5. The van der Waals surface area contributed by atoms with Gasteiger partial charge in [0.15, 0.2) is 23.2 Å². The lowest BCUT2D eigenvalue weighted by atomic mass is 9.94. The third-order valence-corrected chi connectivity index (χ3v) is 7.37. The van der Waals surface area contributed by atoms with Gasteiger partial charge in [0.1, 0.15) is 6.61 Å². The maximum Gasteiger partial charge on any atom is 0.201 e. The molecule has 0 N–H and O–H groups in total. The molecule has 192 valence electrons. The Balaban J connectivity index is 1.42. The van der Waals surface area contributed by atoms with E-state index in [4.69, 9.17) is 4.74 Å². The van der Waals surface area contributed by atoms with Crippen LogP contribution in [0.1, 0.15) is 81.4 Å². The van der Waals surface area contributed by atoms with Crippen molar-refractivity contribution in [3.05, 3.63) is 88.5 Å². The van der Waals surface area contributed by atoms with Crippen molar-refractivity contribution in [2.24, 2.45) is 5.92 Å². The van der Waals surface area contributed by atoms with Gasteiger partial charge in [0.25, 0.3) is 0 Å². The van der Waals surface area contributed by atoms with Crippen molar-refractivity contribution in [3.8, 4) is 16.9 Å². The number of rotatable bonds is 10. The van der Waals surface area contributed by atoms with Gasteiger partial charge in [0.05, 0.1) is 0 Å². The van der Waals surface area contributed by atoms with Crippen molar-refractivity contribution in [1.29, 1.82) is 0 Å². The zero-order chi connectivity index (χ0) is 25.7. The Bertz CT molecular complexity index is 1170. The number of benzene rings is 3. The van der Waals surface area contributed by atoms with Crippen LogP contribution in [0, 0.1) is 29.2 Å². The molecule has 1 nitrogen and oxygen atoms in total. The van der Waals surface area contributed by atoms with Gasteiger partial charge >= 0.3 is 0 Å². The standard InChI is InChI=1S/C31H34F4O/c1-3-5-7-20-8-13-24(18-20)22-11-9-21(10-12-22)19-36-27-17-16-26(30(34)31(27)35)25-15-14-23(6-4-2)28(32)29(25)33/h9-12,14-17,20,24H,3-8,13,18-19H2,1-2H3. The van der Waals surface area contributed by atoms with Gasteiger partial charge < -0.3 is 4.74 Å². The van der Waals surface area contributed by atoms with E-state index in [2.05, 4.69) is 19.1 Å². The number of ether oxygens (including phenoxy) is 1. The molecule has 4 rings (SSSR count). The Morgan fingerprint density at radius 3 is 2.14 bits per heavy atom. The molecule has 3 aromatic rings. The molecule has 1 aliphatic rings. The lowest BCUT2D eigenvalue weighted by molar-refractivity contribution is 0.285. The van der Waals surface area contributed by atoms with Crippen LogP contribution in [0.5, 0.6) is 5.75 Å². The molecule has 1 saturated carbocycles. The van der Waals surface area contributed by atoms with Gasteiger partial charge in [0, 0.05) is 11.1 Å². The first-order valence-electron chi connectivity index (χ1n) is 13.1. The zero-order valence-electron chi connectivity index (χ0n) is 21.1. The number of hydrogen-bond donors (Lipinski definition) is 0. The summed E-state index contributed by atoms with van der Waals surface area (Å²) in [6.07, 6.45) is 8.60. The summed E-state index contributed by atoms with van der Waals surface area (Å²) in [5, 5.41) is 0. The number of aryl methyl sites for hydroxylation is 1. The summed E-state index contributed by atoms with van der Waals surface area (Å²) in [4.78, 5) is 0. The van der Waals surface area contributed by atoms with Crippen molar-refractivity contribution in [2.45, 2.75) is 77.7 Å². The Hall–Kier alpha value is -2.82. The number of hydrogen-bond acceptors (Lipinski definition) is 1. The van der Waals surface area contributed by atoms with Gasteiger partial charge in [-0.05, 0) is 66.3 Å². The molecule has 0 saturated heterocycles. The monoisotopic (exact) mass is 498 g/mol. The van der Waals surface area contributed by atoms with E-state index >= 15 is 0 Å². The van der Waals surface area contributed by atoms with Gasteiger partial charge in [-0.1, -0.05) is 75.9 Å². The summed E-state index contributed by atoms with van der Waals surface area (Å²) in [5.41, 5.74) is 1.74. The molecule has 2 atom stereocenters. The average molecular weight is 499 g/mol. The minimum absolute atomic E-state index is 0.0779. The van der Waals surface area contributed by atoms with Gasteiger partial charge in [-0.25, -0.2) is 13.2 Å². The predicted molar refractivity (Wildman–Crippen MR) is 136 cm³/mol. The maximum absolute atomic E-state index is 14.8. The molecule has 2 unspecified atom stereocenters. The lowest BCUT2D eigenvalue weighted by Crippen LogP contribution is -2.02. The molecular weight excluding hydrogens is 464 g/mol. The molecule has 1 fully saturated rings. The third-order valence-electron chi connectivity index (χ3n) is 7.37. The van der Waals surface area contributed by atoms with E-state index in [1.54, 1.807) is 0 Å². The Labute approximate surface area is 211 Å². The molecule has 1 aliphatic carbocycles. The van der Waals surface area contributed by atoms with Crippen LogP contribution in [0.3, 0.4) is 0 Å². The highest BCUT2D eigenvalue weighted by molar-refractivity contribution is 5.66. The lowest BCUT2D eigenvalue weighted by Gasteiger charge is -2.14. The minimum atomic E-state index is -1.26. The van der Waals surface area contributed by atoms with Crippen LogP contribution < -0.4 is 4.74 Å².